The third-order valence-corrected chi connectivity index (χ3v) is 6.43. The molecule has 2 saturated carbocycles. The van der Waals surface area contributed by atoms with Crippen LogP contribution in [0, 0.1) is 0 Å². The van der Waals surface area contributed by atoms with Crippen molar-refractivity contribution in [2.45, 2.75) is 50.5 Å². The van der Waals surface area contributed by atoms with Gasteiger partial charge in [0.25, 0.3) is 5.91 Å². The van der Waals surface area contributed by atoms with E-state index in [-0.39, 0.29) is 5.91 Å². The van der Waals surface area contributed by atoms with Gasteiger partial charge in [0, 0.05) is 29.0 Å². The van der Waals surface area contributed by atoms with E-state index >= 15 is 0 Å². The van der Waals surface area contributed by atoms with Gasteiger partial charge in [-0.25, -0.2) is 4.98 Å². The van der Waals surface area contributed by atoms with Crippen LogP contribution >= 0.6 is 0 Å². The quantitative estimate of drug-likeness (QED) is 0.479. The largest absolute Gasteiger partial charge is 0.320 e. The fourth-order valence-electron chi connectivity index (χ4n) is 4.60. The Balaban J connectivity index is 1.32. The van der Waals surface area contributed by atoms with E-state index < -0.39 is 0 Å². The molecule has 0 unspecified atom stereocenters. The van der Waals surface area contributed by atoms with Crippen molar-refractivity contribution in [1.29, 1.82) is 0 Å². The highest BCUT2D eigenvalue weighted by Crippen LogP contribution is 2.45. The molecule has 1 amide bonds. The van der Waals surface area contributed by atoms with Gasteiger partial charge in [0.15, 0.2) is 0 Å². The smallest absolute Gasteiger partial charge is 0.274 e. The van der Waals surface area contributed by atoms with Crippen LogP contribution in [0.1, 0.15) is 66.5 Å². The highest BCUT2D eigenvalue weighted by molar-refractivity contribution is 6.04. The first kappa shape index (κ1) is 18.3. The molecule has 2 aliphatic rings. The molecule has 2 aliphatic carbocycles. The molecule has 156 valence electrons. The van der Waals surface area contributed by atoms with E-state index in [2.05, 4.69) is 43.5 Å². The molecule has 2 N–H and O–H groups in total. The van der Waals surface area contributed by atoms with Gasteiger partial charge in [-0.1, -0.05) is 18.9 Å². The molecule has 1 aromatic carbocycles. The zero-order valence-electron chi connectivity index (χ0n) is 17.2. The Morgan fingerprint density at radius 2 is 2.00 bits per heavy atom. The van der Waals surface area contributed by atoms with Gasteiger partial charge in [0.05, 0.1) is 23.4 Å². The minimum Gasteiger partial charge on any atom is -0.320 e. The third kappa shape index (κ3) is 3.50. The van der Waals surface area contributed by atoms with Crippen LogP contribution in [0.15, 0.2) is 48.9 Å². The van der Waals surface area contributed by atoms with Crippen molar-refractivity contribution in [2.75, 3.05) is 5.32 Å². The number of H-pyrrole nitrogens is 1. The monoisotopic (exact) mass is 412 g/mol. The Morgan fingerprint density at radius 1 is 1.13 bits per heavy atom. The number of carbonyl (C=O) groups excluding carboxylic acids is 1. The van der Waals surface area contributed by atoms with Crippen molar-refractivity contribution in [1.82, 2.24) is 25.0 Å². The van der Waals surface area contributed by atoms with Gasteiger partial charge in [0.2, 0.25) is 0 Å². The average Bonchev–Trinajstić information content (AvgIpc) is 3.20. The summed E-state index contributed by atoms with van der Waals surface area (Å²) in [6.07, 6.45) is 12.9. The molecular weight excluding hydrogens is 388 g/mol. The van der Waals surface area contributed by atoms with Gasteiger partial charge in [0.1, 0.15) is 5.69 Å². The van der Waals surface area contributed by atoms with E-state index in [1.807, 2.05) is 12.1 Å². The lowest BCUT2D eigenvalue weighted by atomic mass is 10.1. The lowest BCUT2D eigenvalue weighted by Crippen LogP contribution is -2.15. The van der Waals surface area contributed by atoms with Gasteiger partial charge in [-0.2, -0.15) is 10.2 Å². The Kier molecular flexibility index (Phi) is 4.33. The lowest BCUT2D eigenvalue weighted by Gasteiger charge is -2.11. The van der Waals surface area contributed by atoms with Crippen molar-refractivity contribution in [3.63, 3.8) is 0 Å². The fourth-order valence-corrected chi connectivity index (χ4v) is 4.60. The molecule has 2 fully saturated rings. The normalized spacial score (nSPS) is 16.8. The molecule has 7 nitrogen and oxygen atoms in total. The maximum absolute atomic E-state index is 13.1. The number of hydrogen-bond acceptors (Lipinski definition) is 4. The second-order valence-corrected chi connectivity index (χ2v) is 8.67. The van der Waals surface area contributed by atoms with Crippen LogP contribution in [0.5, 0.6) is 0 Å². The summed E-state index contributed by atoms with van der Waals surface area (Å²) < 4.78 is 2.13. The second-order valence-electron chi connectivity index (χ2n) is 8.67. The number of aromatic amines is 1. The zero-order valence-corrected chi connectivity index (χ0v) is 17.2. The van der Waals surface area contributed by atoms with Crippen LogP contribution in [0.25, 0.3) is 22.2 Å². The van der Waals surface area contributed by atoms with Crippen LogP contribution in [0.2, 0.25) is 0 Å². The molecule has 7 heteroatoms. The number of benzene rings is 1. The number of nitrogens with zero attached hydrogens (tertiary/aromatic N) is 4. The van der Waals surface area contributed by atoms with E-state index in [1.165, 1.54) is 31.2 Å². The first-order valence-electron chi connectivity index (χ1n) is 11.0. The molecule has 31 heavy (non-hydrogen) atoms. The summed E-state index contributed by atoms with van der Waals surface area (Å²) in [5.74, 6) is 0.302. The number of aromatic nitrogens is 5. The predicted octanol–water partition coefficient (Wildman–Crippen LogP) is 5.07. The van der Waals surface area contributed by atoms with Crippen molar-refractivity contribution in [3.8, 4) is 11.3 Å². The van der Waals surface area contributed by atoms with Gasteiger partial charge >= 0.3 is 0 Å². The van der Waals surface area contributed by atoms with Gasteiger partial charge in [-0.15, -0.1) is 0 Å². The first-order valence-corrected chi connectivity index (χ1v) is 11.0. The first-order chi connectivity index (χ1) is 15.2. The Bertz CT molecular complexity index is 1250. The minimum absolute atomic E-state index is 0.199. The number of fused-ring (bicyclic) bond motifs is 1. The van der Waals surface area contributed by atoms with Crippen LogP contribution in [-0.4, -0.2) is 30.9 Å². The number of nitrogens with one attached hydrogen (secondary N) is 2. The molecule has 3 aromatic heterocycles. The van der Waals surface area contributed by atoms with E-state index in [4.69, 9.17) is 5.10 Å². The SMILES string of the molecule is O=C(Nc1cc2cn(C3CCCC3)nc2cc1C1CC1)c1cccc(-c2cn[nH]c2)n1. The summed E-state index contributed by atoms with van der Waals surface area (Å²) in [6, 6.07) is 10.2. The number of anilines is 1. The third-order valence-electron chi connectivity index (χ3n) is 6.43. The predicted molar refractivity (Wildman–Crippen MR) is 119 cm³/mol. The molecule has 0 aliphatic heterocycles. The molecule has 0 saturated heterocycles. The van der Waals surface area contributed by atoms with Crippen molar-refractivity contribution in [2.24, 2.45) is 0 Å². The summed E-state index contributed by atoms with van der Waals surface area (Å²) in [6.45, 7) is 0. The standard InChI is InChI=1S/C24H24N6O/c31-24(21-7-3-6-20(27-21)17-12-25-26-13-17)28-23-10-16-14-30(18-4-1-2-5-18)29-22(16)11-19(23)15-8-9-15/h3,6-7,10-15,18H,1-2,4-5,8-9H2,(H,25,26)(H,28,31). The van der Waals surface area contributed by atoms with Crippen LogP contribution < -0.4 is 5.32 Å². The number of carbonyl (C=O) groups is 1. The number of rotatable bonds is 5. The number of pyridine rings is 1. The summed E-state index contributed by atoms with van der Waals surface area (Å²) in [7, 11) is 0. The van der Waals surface area contributed by atoms with E-state index in [9.17, 15) is 4.79 Å². The summed E-state index contributed by atoms with van der Waals surface area (Å²) >= 11 is 0. The Morgan fingerprint density at radius 3 is 2.77 bits per heavy atom. The molecular formula is C24H24N6O. The van der Waals surface area contributed by atoms with E-state index in [0.29, 0.717) is 17.7 Å². The Hall–Kier alpha value is -3.48. The summed E-state index contributed by atoms with van der Waals surface area (Å²) in [5, 5.41) is 15.8. The molecule has 0 atom stereocenters. The van der Waals surface area contributed by atoms with Gasteiger partial charge in [-0.05, 0) is 61.4 Å². The van der Waals surface area contributed by atoms with E-state index in [1.54, 1.807) is 18.5 Å². The topological polar surface area (TPSA) is 88.5 Å². The number of amides is 1. The zero-order chi connectivity index (χ0) is 20.8. The van der Waals surface area contributed by atoms with Crippen molar-refractivity contribution < 1.29 is 4.79 Å². The lowest BCUT2D eigenvalue weighted by molar-refractivity contribution is 0.102. The molecule has 0 spiro atoms. The summed E-state index contributed by atoms with van der Waals surface area (Å²) in [5.41, 5.74) is 5.05. The average molecular weight is 412 g/mol. The van der Waals surface area contributed by atoms with Gasteiger partial charge in [-0.3, -0.25) is 14.6 Å². The molecule has 0 bridgehead atoms. The second kappa shape index (κ2) is 7.34. The van der Waals surface area contributed by atoms with E-state index in [0.717, 1.165) is 40.7 Å². The van der Waals surface area contributed by atoms with Gasteiger partial charge < -0.3 is 5.32 Å². The minimum atomic E-state index is -0.199. The molecule has 3 heterocycles. The summed E-state index contributed by atoms with van der Waals surface area (Å²) in [4.78, 5) is 17.6. The van der Waals surface area contributed by atoms with Crippen LogP contribution in [0.4, 0.5) is 5.69 Å². The maximum Gasteiger partial charge on any atom is 0.274 e. The van der Waals surface area contributed by atoms with Crippen molar-refractivity contribution in [3.05, 3.63) is 60.2 Å². The Labute approximate surface area is 179 Å². The number of hydrogen-bond donors (Lipinski definition) is 2. The highest BCUT2D eigenvalue weighted by Gasteiger charge is 2.28. The van der Waals surface area contributed by atoms with Crippen molar-refractivity contribution >= 4 is 22.5 Å². The highest BCUT2D eigenvalue weighted by atomic mass is 16.1. The molecule has 4 aromatic rings. The maximum atomic E-state index is 13.1. The fraction of sp³-hybridized carbons (Fsp3) is 0.333. The van der Waals surface area contributed by atoms with Crippen LogP contribution in [0.3, 0.4) is 0 Å². The molecule has 0 radical (unpaired) electrons. The van der Waals surface area contributed by atoms with Crippen LogP contribution in [-0.2, 0) is 0 Å². The molecule has 6 rings (SSSR count).